The van der Waals surface area contributed by atoms with Crippen molar-refractivity contribution < 1.29 is 0 Å². The Kier molecular flexibility index (Phi) is 2.65. The maximum Gasteiger partial charge on any atom is 0.0534 e. The Balaban J connectivity index is 1.78. The quantitative estimate of drug-likeness (QED) is 0.756. The van der Waals surface area contributed by atoms with Crippen molar-refractivity contribution in [1.82, 2.24) is 20.1 Å². The van der Waals surface area contributed by atoms with Gasteiger partial charge in [0.1, 0.15) is 0 Å². The minimum absolute atomic E-state index is 0.860. The van der Waals surface area contributed by atoms with Crippen LogP contribution in [0.25, 0.3) is 0 Å². The monoisotopic (exact) mass is 190 g/mol. The first-order valence-corrected chi connectivity index (χ1v) is 4.64. The molecule has 2 heterocycles. The topological polar surface area (TPSA) is 45.6 Å². The molecule has 4 nitrogen and oxygen atoms in total. The molecule has 0 fully saturated rings. The lowest BCUT2D eigenvalue weighted by Crippen LogP contribution is -2.11. The zero-order valence-corrected chi connectivity index (χ0v) is 8.20. The Hall–Kier alpha value is -1.55. The number of aromatic amines is 1. The first kappa shape index (κ1) is 9.02. The molecule has 0 radical (unpaired) electrons. The van der Waals surface area contributed by atoms with Crippen LogP contribution >= 0.6 is 0 Å². The van der Waals surface area contributed by atoms with Crippen LogP contribution in [0.1, 0.15) is 11.1 Å². The van der Waals surface area contributed by atoms with Crippen molar-refractivity contribution in [3.8, 4) is 0 Å². The van der Waals surface area contributed by atoms with Crippen molar-refractivity contribution >= 4 is 0 Å². The average Bonchev–Trinajstić information content (AvgIpc) is 2.77. The Morgan fingerprint density at radius 2 is 2.29 bits per heavy atom. The fourth-order valence-corrected chi connectivity index (χ4v) is 1.38. The van der Waals surface area contributed by atoms with E-state index in [0.29, 0.717) is 0 Å². The van der Waals surface area contributed by atoms with E-state index in [1.807, 2.05) is 36.5 Å². The van der Waals surface area contributed by atoms with E-state index in [9.17, 15) is 0 Å². The summed E-state index contributed by atoms with van der Waals surface area (Å²) in [6.07, 6.45) is 7.82. The van der Waals surface area contributed by atoms with E-state index in [2.05, 4.69) is 21.5 Å². The molecule has 0 aliphatic carbocycles. The van der Waals surface area contributed by atoms with Gasteiger partial charge >= 0.3 is 0 Å². The average molecular weight is 190 g/mol. The van der Waals surface area contributed by atoms with Crippen molar-refractivity contribution in [3.63, 3.8) is 0 Å². The lowest BCUT2D eigenvalue weighted by molar-refractivity contribution is 0.692. The minimum atomic E-state index is 0.860. The Morgan fingerprint density at radius 3 is 2.93 bits per heavy atom. The molecule has 2 aromatic heterocycles. The van der Waals surface area contributed by atoms with Gasteiger partial charge in [0.25, 0.3) is 0 Å². The van der Waals surface area contributed by atoms with Gasteiger partial charge in [-0.15, -0.1) is 0 Å². The summed E-state index contributed by atoms with van der Waals surface area (Å²) < 4.78 is 1.81. The first-order chi connectivity index (χ1) is 6.84. The number of nitrogens with zero attached hydrogens (tertiary/aromatic N) is 2. The number of H-pyrrole nitrogens is 1. The van der Waals surface area contributed by atoms with Crippen LogP contribution in [0.4, 0.5) is 0 Å². The molecule has 2 N–H and O–H groups in total. The summed E-state index contributed by atoms with van der Waals surface area (Å²) in [5.74, 6) is 0. The molecule has 14 heavy (non-hydrogen) atoms. The van der Waals surface area contributed by atoms with Crippen LogP contribution in [-0.4, -0.2) is 14.8 Å². The normalized spacial score (nSPS) is 10.6. The van der Waals surface area contributed by atoms with Crippen molar-refractivity contribution in [2.45, 2.75) is 13.1 Å². The van der Waals surface area contributed by atoms with Crippen molar-refractivity contribution in [2.75, 3.05) is 0 Å². The second-order valence-electron chi connectivity index (χ2n) is 3.35. The first-order valence-electron chi connectivity index (χ1n) is 4.64. The smallest absolute Gasteiger partial charge is 0.0534 e. The number of hydrogen-bond donors (Lipinski definition) is 2. The lowest BCUT2D eigenvalue weighted by Gasteiger charge is -1.99. The summed E-state index contributed by atoms with van der Waals surface area (Å²) in [5, 5.41) is 7.45. The van der Waals surface area contributed by atoms with Gasteiger partial charge < -0.3 is 10.3 Å². The van der Waals surface area contributed by atoms with Crippen LogP contribution in [-0.2, 0) is 20.1 Å². The van der Waals surface area contributed by atoms with Crippen molar-refractivity contribution in [1.29, 1.82) is 0 Å². The van der Waals surface area contributed by atoms with Crippen molar-refractivity contribution in [3.05, 3.63) is 42.0 Å². The van der Waals surface area contributed by atoms with E-state index in [4.69, 9.17) is 0 Å². The second-order valence-corrected chi connectivity index (χ2v) is 3.35. The van der Waals surface area contributed by atoms with Gasteiger partial charge in [-0.2, -0.15) is 5.10 Å². The van der Waals surface area contributed by atoms with Crippen LogP contribution < -0.4 is 5.32 Å². The Labute approximate surface area is 82.9 Å². The molecule has 4 heteroatoms. The van der Waals surface area contributed by atoms with Crippen LogP contribution in [0.5, 0.6) is 0 Å². The van der Waals surface area contributed by atoms with Crippen LogP contribution in [0.2, 0.25) is 0 Å². The predicted octanol–water partition coefficient (Wildman–Crippen LogP) is 1.04. The molecule has 2 rings (SSSR count). The molecule has 0 saturated heterocycles. The molecule has 2 aromatic rings. The maximum absolute atomic E-state index is 4.10. The Morgan fingerprint density at radius 1 is 1.43 bits per heavy atom. The largest absolute Gasteiger partial charge is 0.367 e. The summed E-state index contributed by atoms with van der Waals surface area (Å²) in [7, 11) is 1.93. The van der Waals surface area contributed by atoms with E-state index < -0.39 is 0 Å². The molecule has 0 bridgehead atoms. The standard InChI is InChI=1S/C10H14N4/c1-14-8-10(7-13-14)6-12-5-9-2-3-11-4-9/h2-4,7-8,11-12H,5-6H2,1H3. The van der Waals surface area contributed by atoms with E-state index in [1.54, 1.807) is 0 Å². The zero-order chi connectivity index (χ0) is 9.80. The highest BCUT2D eigenvalue weighted by atomic mass is 15.2. The zero-order valence-electron chi connectivity index (χ0n) is 8.20. The molecule has 0 unspecified atom stereocenters. The summed E-state index contributed by atoms with van der Waals surface area (Å²) in [6, 6.07) is 2.07. The molecule has 0 amide bonds. The van der Waals surface area contributed by atoms with Gasteiger partial charge in [0, 0.05) is 44.3 Å². The third-order valence-electron chi connectivity index (χ3n) is 2.08. The summed E-state index contributed by atoms with van der Waals surface area (Å²) >= 11 is 0. The van der Waals surface area contributed by atoms with Gasteiger partial charge in [0.15, 0.2) is 0 Å². The van der Waals surface area contributed by atoms with Gasteiger partial charge in [0.05, 0.1) is 6.20 Å². The van der Waals surface area contributed by atoms with Gasteiger partial charge in [-0.05, 0) is 11.6 Å². The molecular weight excluding hydrogens is 176 g/mol. The lowest BCUT2D eigenvalue weighted by atomic mass is 10.3. The molecule has 0 atom stereocenters. The molecule has 74 valence electrons. The van der Waals surface area contributed by atoms with Gasteiger partial charge in [0.2, 0.25) is 0 Å². The second kappa shape index (κ2) is 4.11. The number of hydrogen-bond acceptors (Lipinski definition) is 2. The van der Waals surface area contributed by atoms with Gasteiger partial charge in [-0.3, -0.25) is 4.68 Å². The van der Waals surface area contributed by atoms with E-state index >= 15 is 0 Å². The van der Waals surface area contributed by atoms with E-state index in [0.717, 1.165) is 13.1 Å². The van der Waals surface area contributed by atoms with Crippen molar-refractivity contribution in [2.24, 2.45) is 7.05 Å². The minimum Gasteiger partial charge on any atom is -0.367 e. The van der Waals surface area contributed by atoms with Crippen LogP contribution in [0, 0.1) is 0 Å². The summed E-state index contributed by atoms with van der Waals surface area (Å²) in [6.45, 7) is 1.75. The fraction of sp³-hybridized carbons (Fsp3) is 0.300. The van der Waals surface area contributed by atoms with E-state index in [-0.39, 0.29) is 0 Å². The molecule has 0 spiro atoms. The van der Waals surface area contributed by atoms with Gasteiger partial charge in [-0.25, -0.2) is 0 Å². The van der Waals surface area contributed by atoms with Crippen LogP contribution in [0.3, 0.4) is 0 Å². The Bertz CT molecular complexity index is 374. The van der Waals surface area contributed by atoms with Crippen LogP contribution in [0.15, 0.2) is 30.9 Å². The fourth-order valence-electron chi connectivity index (χ4n) is 1.38. The predicted molar refractivity (Wildman–Crippen MR) is 54.5 cm³/mol. The SMILES string of the molecule is Cn1cc(CNCc2cc[nH]c2)cn1. The highest BCUT2D eigenvalue weighted by Crippen LogP contribution is 1.98. The summed E-state index contributed by atoms with van der Waals surface area (Å²) in [4.78, 5) is 3.03. The maximum atomic E-state index is 4.10. The van der Waals surface area contributed by atoms with E-state index in [1.165, 1.54) is 11.1 Å². The summed E-state index contributed by atoms with van der Waals surface area (Å²) in [5.41, 5.74) is 2.48. The molecule has 0 saturated carbocycles. The third kappa shape index (κ3) is 2.23. The number of aryl methyl sites for hydroxylation is 1. The molecular formula is C10H14N4. The number of nitrogens with one attached hydrogen (secondary N) is 2. The van der Waals surface area contributed by atoms with Gasteiger partial charge in [-0.1, -0.05) is 0 Å². The highest BCUT2D eigenvalue weighted by molar-refractivity contribution is 5.08. The molecule has 0 aromatic carbocycles. The molecule has 0 aliphatic heterocycles. The molecule has 0 aliphatic rings. The highest BCUT2D eigenvalue weighted by Gasteiger charge is 1.96. The number of rotatable bonds is 4. The number of aromatic nitrogens is 3. The third-order valence-corrected chi connectivity index (χ3v) is 2.08.